The van der Waals surface area contributed by atoms with Gasteiger partial charge < -0.3 is 9.30 Å². The van der Waals surface area contributed by atoms with Crippen LogP contribution in [0.1, 0.15) is 59.9 Å². The minimum absolute atomic E-state index is 0.0771. The summed E-state index contributed by atoms with van der Waals surface area (Å²) in [6, 6.07) is 8.23. The van der Waals surface area contributed by atoms with E-state index in [-0.39, 0.29) is 5.91 Å². The van der Waals surface area contributed by atoms with Gasteiger partial charge in [-0.3, -0.25) is 14.7 Å². The van der Waals surface area contributed by atoms with E-state index in [1.807, 2.05) is 35.6 Å². The molecule has 0 saturated carbocycles. The van der Waals surface area contributed by atoms with Gasteiger partial charge in [0.15, 0.2) is 5.69 Å². The van der Waals surface area contributed by atoms with Crippen LogP contribution < -0.4 is 0 Å². The molecule has 0 aromatic carbocycles. The zero-order valence-corrected chi connectivity index (χ0v) is 18.0. The first-order valence-corrected chi connectivity index (χ1v) is 11.0. The minimum Gasteiger partial charge on any atom is -0.337 e. The van der Waals surface area contributed by atoms with Gasteiger partial charge in [-0.25, -0.2) is 4.98 Å². The largest absolute Gasteiger partial charge is 0.337 e. The highest BCUT2D eigenvalue weighted by Crippen LogP contribution is 2.21. The Labute approximate surface area is 178 Å². The maximum Gasteiger partial charge on any atom is 0.274 e. The lowest BCUT2D eigenvalue weighted by Gasteiger charge is -2.23. The minimum atomic E-state index is 0.0771. The number of likely N-dealkylation sites (tertiary alicyclic amines) is 1. The zero-order valence-electron chi connectivity index (χ0n) is 18.0. The van der Waals surface area contributed by atoms with Crippen molar-refractivity contribution in [1.29, 1.82) is 0 Å². The van der Waals surface area contributed by atoms with Crippen LogP contribution in [0.25, 0.3) is 5.65 Å². The number of amides is 1. The number of rotatable bonds is 6. The Kier molecular flexibility index (Phi) is 6.43. The van der Waals surface area contributed by atoms with E-state index in [0.29, 0.717) is 12.2 Å². The molecule has 0 spiro atoms. The molecule has 0 N–H and O–H groups in total. The van der Waals surface area contributed by atoms with Crippen molar-refractivity contribution in [2.45, 2.75) is 52.6 Å². The molecule has 4 rings (SSSR count). The van der Waals surface area contributed by atoms with Crippen LogP contribution >= 0.6 is 0 Å². The molecular formula is C24H31N5O. The van der Waals surface area contributed by atoms with Crippen LogP contribution in [-0.4, -0.2) is 49.7 Å². The molecule has 1 amide bonds. The molecule has 1 aliphatic rings. The summed E-state index contributed by atoms with van der Waals surface area (Å²) < 4.78 is 2.09. The first-order chi connectivity index (χ1) is 14.7. The van der Waals surface area contributed by atoms with Gasteiger partial charge >= 0.3 is 0 Å². The molecule has 30 heavy (non-hydrogen) atoms. The van der Waals surface area contributed by atoms with E-state index in [9.17, 15) is 4.79 Å². The summed E-state index contributed by atoms with van der Waals surface area (Å²) in [5, 5.41) is 0. The SMILES string of the molecule is CCN(Cc1ccncc1)Cc1c(C(=O)N2CCCCCC2)nc2cc(C)ccn12. The monoisotopic (exact) mass is 405 g/mol. The topological polar surface area (TPSA) is 53.7 Å². The van der Waals surface area contributed by atoms with Gasteiger partial charge in [0.1, 0.15) is 5.65 Å². The maximum absolute atomic E-state index is 13.5. The predicted molar refractivity (Wildman–Crippen MR) is 118 cm³/mol. The van der Waals surface area contributed by atoms with E-state index in [1.165, 1.54) is 18.4 Å². The summed E-state index contributed by atoms with van der Waals surface area (Å²) in [5.74, 6) is 0.0771. The average molecular weight is 406 g/mol. The van der Waals surface area contributed by atoms with Crippen molar-refractivity contribution in [3.63, 3.8) is 0 Å². The molecule has 4 heterocycles. The van der Waals surface area contributed by atoms with Crippen molar-refractivity contribution >= 4 is 11.6 Å². The molecule has 1 aliphatic heterocycles. The molecule has 0 unspecified atom stereocenters. The van der Waals surface area contributed by atoms with Crippen LogP contribution in [0.15, 0.2) is 42.9 Å². The molecule has 0 atom stereocenters. The molecule has 0 radical (unpaired) electrons. The highest BCUT2D eigenvalue weighted by atomic mass is 16.2. The molecule has 3 aromatic rings. The summed E-state index contributed by atoms with van der Waals surface area (Å²) in [7, 11) is 0. The number of pyridine rings is 2. The summed E-state index contributed by atoms with van der Waals surface area (Å²) >= 11 is 0. The van der Waals surface area contributed by atoms with Gasteiger partial charge in [-0.15, -0.1) is 0 Å². The Morgan fingerprint density at radius 2 is 1.80 bits per heavy atom. The van der Waals surface area contributed by atoms with Gasteiger partial charge in [-0.1, -0.05) is 19.8 Å². The van der Waals surface area contributed by atoms with E-state index in [2.05, 4.69) is 40.3 Å². The van der Waals surface area contributed by atoms with Gasteiger partial charge in [-0.2, -0.15) is 0 Å². The summed E-state index contributed by atoms with van der Waals surface area (Å²) in [6.07, 6.45) is 10.3. The number of imidazole rings is 1. The van der Waals surface area contributed by atoms with Crippen LogP contribution in [0.3, 0.4) is 0 Å². The summed E-state index contributed by atoms with van der Waals surface area (Å²) in [6.45, 7) is 8.27. The lowest BCUT2D eigenvalue weighted by Crippen LogP contribution is -2.33. The number of carbonyl (C=O) groups excluding carboxylic acids is 1. The first-order valence-electron chi connectivity index (χ1n) is 11.0. The van der Waals surface area contributed by atoms with Crippen LogP contribution in [0.5, 0.6) is 0 Å². The smallest absolute Gasteiger partial charge is 0.274 e. The van der Waals surface area contributed by atoms with Gasteiger partial charge in [-0.05, 0) is 61.7 Å². The van der Waals surface area contributed by atoms with Crippen LogP contribution in [0.4, 0.5) is 0 Å². The molecule has 158 valence electrons. The highest BCUT2D eigenvalue weighted by molar-refractivity contribution is 5.94. The third-order valence-corrected chi connectivity index (χ3v) is 5.95. The zero-order chi connectivity index (χ0) is 20.9. The molecule has 3 aromatic heterocycles. The second kappa shape index (κ2) is 9.39. The average Bonchev–Trinajstić information content (AvgIpc) is 2.93. The lowest BCUT2D eigenvalue weighted by molar-refractivity contribution is 0.0753. The van der Waals surface area contributed by atoms with Crippen LogP contribution in [0.2, 0.25) is 0 Å². The number of nitrogens with zero attached hydrogens (tertiary/aromatic N) is 5. The Hall–Kier alpha value is -2.73. The Bertz CT molecular complexity index is 990. The van der Waals surface area contributed by atoms with Crippen molar-refractivity contribution in [2.24, 2.45) is 0 Å². The molecule has 1 saturated heterocycles. The highest BCUT2D eigenvalue weighted by Gasteiger charge is 2.25. The number of hydrogen-bond acceptors (Lipinski definition) is 4. The fourth-order valence-electron chi connectivity index (χ4n) is 4.18. The number of aryl methyl sites for hydroxylation is 1. The number of aromatic nitrogens is 3. The van der Waals surface area contributed by atoms with Gasteiger partial charge in [0.2, 0.25) is 0 Å². The normalized spacial score (nSPS) is 15.0. The number of carbonyl (C=O) groups is 1. The summed E-state index contributed by atoms with van der Waals surface area (Å²) in [4.78, 5) is 26.8. The fourth-order valence-corrected chi connectivity index (χ4v) is 4.18. The molecule has 6 nitrogen and oxygen atoms in total. The molecule has 0 bridgehead atoms. The van der Waals surface area contributed by atoms with E-state index in [4.69, 9.17) is 4.98 Å². The van der Waals surface area contributed by atoms with Crippen molar-refractivity contribution in [1.82, 2.24) is 24.2 Å². The van der Waals surface area contributed by atoms with Gasteiger partial charge in [0.05, 0.1) is 5.69 Å². The van der Waals surface area contributed by atoms with Crippen molar-refractivity contribution in [3.8, 4) is 0 Å². The Balaban J connectivity index is 1.67. The van der Waals surface area contributed by atoms with Gasteiger partial charge in [0, 0.05) is 44.8 Å². The Morgan fingerprint density at radius 1 is 1.07 bits per heavy atom. The molecular weight excluding hydrogens is 374 g/mol. The maximum atomic E-state index is 13.5. The standard InChI is InChI=1S/C24H31N5O/c1-3-27(17-20-8-11-25-12-9-20)18-21-23(24(30)28-13-6-4-5-7-14-28)26-22-16-19(2)10-15-29(21)22/h8-12,15-16H,3-7,13-14,17-18H2,1-2H3. The molecule has 1 fully saturated rings. The van der Waals surface area contributed by atoms with Gasteiger partial charge in [0.25, 0.3) is 5.91 Å². The Morgan fingerprint density at radius 3 is 2.50 bits per heavy atom. The second-order valence-electron chi connectivity index (χ2n) is 8.20. The molecule has 6 heteroatoms. The number of hydrogen-bond donors (Lipinski definition) is 0. The van der Waals surface area contributed by atoms with Crippen LogP contribution in [0, 0.1) is 6.92 Å². The molecule has 0 aliphatic carbocycles. The van der Waals surface area contributed by atoms with Crippen molar-refractivity contribution in [3.05, 3.63) is 65.4 Å². The van der Waals surface area contributed by atoms with E-state index >= 15 is 0 Å². The first kappa shape index (κ1) is 20.5. The van der Waals surface area contributed by atoms with Crippen LogP contribution in [-0.2, 0) is 13.1 Å². The van der Waals surface area contributed by atoms with Crippen molar-refractivity contribution in [2.75, 3.05) is 19.6 Å². The fraction of sp³-hybridized carbons (Fsp3) is 0.458. The quantitative estimate of drug-likeness (QED) is 0.620. The third-order valence-electron chi connectivity index (χ3n) is 5.95. The second-order valence-corrected chi connectivity index (χ2v) is 8.20. The van der Waals surface area contributed by atoms with E-state index < -0.39 is 0 Å². The van der Waals surface area contributed by atoms with E-state index in [0.717, 1.165) is 55.9 Å². The number of fused-ring (bicyclic) bond motifs is 1. The predicted octanol–water partition coefficient (Wildman–Crippen LogP) is 4.08. The lowest BCUT2D eigenvalue weighted by atomic mass is 10.2. The van der Waals surface area contributed by atoms with Crippen molar-refractivity contribution < 1.29 is 4.79 Å². The summed E-state index contributed by atoms with van der Waals surface area (Å²) in [5.41, 5.74) is 4.81. The van der Waals surface area contributed by atoms with E-state index in [1.54, 1.807) is 0 Å². The third kappa shape index (κ3) is 4.54.